The van der Waals surface area contributed by atoms with Crippen LogP contribution in [0, 0.1) is 5.41 Å². The Kier molecular flexibility index (Phi) is 11.4. The molecule has 18 heavy (non-hydrogen) atoms. The van der Waals surface area contributed by atoms with Gasteiger partial charge in [0.15, 0.2) is 5.90 Å². The van der Waals surface area contributed by atoms with Crippen LogP contribution in [0.2, 0.25) is 0 Å². The fourth-order valence-corrected chi connectivity index (χ4v) is 0.520. The van der Waals surface area contributed by atoms with Crippen molar-refractivity contribution in [2.24, 2.45) is 0 Å². The summed E-state index contributed by atoms with van der Waals surface area (Å²) in [7, 11) is 0. The number of esters is 1. The Hall–Kier alpha value is -2.20. The zero-order chi connectivity index (χ0) is 14.6. The van der Waals surface area contributed by atoms with Crippen molar-refractivity contribution in [2.45, 2.75) is 12.8 Å². The van der Waals surface area contributed by atoms with Gasteiger partial charge >= 0.3 is 18.3 Å². The summed E-state index contributed by atoms with van der Waals surface area (Å²) in [6, 6.07) is 0. The van der Waals surface area contributed by atoms with E-state index in [-0.39, 0.29) is 19.6 Å². The van der Waals surface area contributed by atoms with Gasteiger partial charge in [0.05, 0.1) is 19.6 Å². The van der Waals surface area contributed by atoms with Crippen LogP contribution in [0.25, 0.3) is 0 Å². The van der Waals surface area contributed by atoms with E-state index in [2.05, 4.69) is 9.47 Å². The van der Waals surface area contributed by atoms with Gasteiger partial charge in [-0.3, -0.25) is 10.2 Å². The zero-order valence-electron chi connectivity index (χ0n) is 9.16. The number of carbonyl (C=O) groups is 3. The van der Waals surface area contributed by atoms with Gasteiger partial charge in [-0.05, 0) is 0 Å². The number of aliphatic hydroxyl groups is 2. The van der Waals surface area contributed by atoms with Crippen LogP contribution in [0.4, 0.5) is 9.59 Å². The molecule has 0 aliphatic carbocycles. The van der Waals surface area contributed by atoms with E-state index in [0.717, 1.165) is 0 Å². The number of aliphatic hydroxyl groups excluding tert-OH is 2. The maximum atomic E-state index is 10.5. The van der Waals surface area contributed by atoms with Gasteiger partial charge < -0.3 is 29.9 Å². The minimum absolute atomic E-state index is 0.125. The van der Waals surface area contributed by atoms with Gasteiger partial charge in [-0.25, -0.2) is 9.59 Å². The topological polar surface area (TPSA) is 174 Å². The lowest BCUT2D eigenvalue weighted by Gasteiger charge is -2.00. The SMILES string of the molecule is N=C(CCC(=O)OC(=O)O)OC(=O)O.OCCO. The summed E-state index contributed by atoms with van der Waals surface area (Å²) in [4.78, 5) is 30.2. The van der Waals surface area contributed by atoms with Gasteiger partial charge in [0.1, 0.15) is 0 Å². The Labute approximate surface area is 101 Å². The summed E-state index contributed by atoms with van der Waals surface area (Å²) in [6.45, 7) is -0.250. The van der Waals surface area contributed by atoms with Gasteiger partial charge in [-0.15, -0.1) is 0 Å². The maximum Gasteiger partial charge on any atom is 0.513 e. The third-order valence-corrected chi connectivity index (χ3v) is 1.07. The molecule has 0 bridgehead atoms. The highest BCUT2D eigenvalue weighted by atomic mass is 16.7. The van der Waals surface area contributed by atoms with Crippen LogP contribution < -0.4 is 0 Å². The summed E-state index contributed by atoms with van der Waals surface area (Å²) in [6.07, 6.45) is -4.18. The molecule has 0 heterocycles. The first-order valence-corrected chi connectivity index (χ1v) is 4.47. The number of ether oxygens (including phenoxy) is 2. The molecule has 0 aliphatic rings. The van der Waals surface area contributed by atoms with E-state index in [4.69, 9.17) is 25.8 Å². The second kappa shape index (κ2) is 11.3. The molecule has 0 amide bonds. The van der Waals surface area contributed by atoms with Crippen LogP contribution in [-0.2, 0) is 14.3 Å². The molecular formula is C8H13NO9. The summed E-state index contributed by atoms with van der Waals surface area (Å²) in [5.74, 6) is -1.73. The molecule has 0 saturated heterocycles. The molecule has 0 saturated carbocycles. The standard InChI is InChI=1S/C6H7NO7.C2H6O2/c7-3(13-5(9)10)1-2-4(8)14-6(11)12;3-1-2-4/h7H,1-2H2,(H,9,10)(H,11,12);3-4H,1-2H2. The number of carboxylic acid groups (broad SMARTS) is 2. The maximum absolute atomic E-state index is 10.5. The highest BCUT2D eigenvalue weighted by molar-refractivity contribution is 5.87. The van der Waals surface area contributed by atoms with Gasteiger partial charge in [-0.2, -0.15) is 0 Å². The normalized spacial score (nSPS) is 8.56. The first kappa shape index (κ1) is 18.2. The molecule has 104 valence electrons. The van der Waals surface area contributed by atoms with Gasteiger partial charge in [0.2, 0.25) is 0 Å². The minimum atomic E-state index is -1.75. The lowest BCUT2D eigenvalue weighted by Crippen LogP contribution is -2.14. The molecule has 0 atom stereocenters. The first-order chi connectivity index (χ1) is 8.33. The summed E-state index contributed by atoms with van der Waals surface area (Å²) in [5, 5.41) is 38.1. The molecule has 0 aromatic heterocycles. The molecule has 5 N–H and O–H groups in total. The van der Waals surface area contributed by atoms with Crippen LogP contribution in [0.3, 0.4) is 0 Å². The smallest absolute Gasteiger partial charge is 0.449 e. The molecule has 0 aromatic carbocycles. The molecule has 0 spiro atoms. The van der Waals surface area contributed by atoms with Crippen LogP contribution >= 0.6 is 0 Å². The van der Waals surface area contributed by atoms with Crippen molar-refractivity contribution >= 4 is 24.2 Å². The van der Waals surface area contributed by atoms with Crippen molar-refractivity contribution in [1.29, 1.82) is 5.41 Å². The van der Waals surface area contributed by atoms with E-state index in [1.807, 2.05) is 0 Å². The Morgan fingerprint density at radius 3 is 1.67 bits per heavy atom. The molecule has 10 heteroatoms. The number of carbonyl (C=O) groups excluding carboxylic acids is 1. The Morgan fingerprint density at radius 1 is 0.889 bits per heavy atom. The number of hydrogen-bond acceptors (Lipinski definition) is 8. The fraction of sp³-hybridized carbons (Fsp3) is 0.500. The van der Waals surface area contributed by atoms with Crippen LogP contribution in [0.15, 0.2) is 0 Å². The van der Waals surface area contributed by atoms with Crippen LogP contribution in [0.5, 0.6) is 0 Å². The molecule has 0 rings (SSSR count). The average molecular weight is 267 g/mol. The van der Waals surface area contributed by atoms with Crippen molar-refractivity contribution in [3.05, 3.63) is 0 Å². The second-order valence-corrected chi connectivity index (χ2v) is 2.48. The predicted molar refractivity (Wildman–Crippen MR) is 54.4 cm³/mol. The number of rotatable bonds is 4. The lowest BCUT2D eigenvalue weighted by molar-refractivity contribution is -0.138. The average Bonchev–Trinajstić information content (AvgIpc) is 2.25. The second-order valence-electron chi connectivity index (χ2n) is 2.48. The van der Waals surface area contributed by atoms with Crippen molar-refractivity contribution in [1.82, 2.24) is 0 Å². The van der Waals surface area contributed by atoms with E-state index in [1.54, 1.807) is 0 Å². The lowest BCUT2D eigenvalue weighted by atomic mass is 10.3. The van der Waals surface area contributed by atoms with Gasteiger partial charge in [-0.1, -0.05) is 0 Å². The van der Waals surface area contributed by atoms with E-state index < -0.39 is 30.6 Å². The molecule has 0 aromatic rings. The number of hydrogen-bond donors (Lipinski definition) is 5. The summed E-state index contributed by atoms with van der Waals surface area (Å²) >= 11 is 0. The third-order valence-electron chi connectivity index (χ3n) is 1.07. The van der Waals surface area contributed by atoms with Crippen molar-refractivity contribution < 1.29 is 44.3 Å². The summed E-state index contributed by atoms with van der Waals surface area (Å²) < 4.78 is 7.53. The van der Waals surface area contributed by atoms with E-state index in [0.29, 0.717) is 0 Å². The molecule has 0 radical (unpaired) electrons. The van der Waals surface area contributed by atoms with Crippen LogP contribution in [-0.4, -0.2) is 57.8 Å². The highest BCUT2D eigenvalue weighted by Crippen LogP contribution is 1.96. The van der Waals surface area contributed by atoms with E-state index in [1.165, 1.54) is 0 Å². The number of nitrogens with one attached hydrogen (secondary N) is 1. The predicted octanol–water partition coefficient (Wildman–Crippen LogP) is -0.369. The molecule has 0 fully saturated rings. The minimum Gasteiger partial charge on any atom is -0.449 e. The largest absolute Gasteiger partial charge is 0.513 e. The Morgan fingerprint density at radius 2 is 1.33 bits per heavy atom. The summed E-state index contributed by atoms with van der Waals surface area (Å²) in [5.41, 5.74) is 0. The Balaban J connectivity index is 0. The van der Waals surface area contributed by atoms with E-state index >= 15 is 0 Å². The van der Waals surface area contributed by atoms with E-state index in [9.17, 15) is 14.4 Å². The van der Waals surface area contributed by atoms with Gasteiger partial charge in [0.25, 0.3) is 0 Å². The molecule has 0 unspecified atom stereocenters. The Bertz CT molecular complexity index is 271. The van der Waals surface area contributed by atoms with Crippen molar-refractivity contribution in [2.75, 3.05) is 13.2 Å². The van der Waals surface area contributed by atoms with Gasteiger partial charge in [0, 0.05) is 6.42 Å². The third kappa shape index (κ3) is 16.2. The fourth-order valence-electron chi connectivity index (χ4n) is 0.520. The first-order valence-electron chi connectivity index (χ1n) is 4.47. The van der Waals surface area contributed by atoms with Crippen molar-refractivity contribution in [3.8, 4) is 0 Å². The molecular weight excluding hydrogens is 254 g/mol. The highest BCUT2D eigenvalue weighted by Gasteiger charge is 2.11. The van der Waals surface area contributed by atoms with Crippen molar-refractivity contribution in [3.63, 3.8) is 0 Å². The van der Waals surface area contributed by atoms with Crippen LogP contribution in [0.1, 0.15) is 12.8 Å². The zero-order valence-corrected chi connectivity index (χ0v) is 9.16. The molecule has 10 nitrogen and oxygen atoms in total. The monoisotopic (exact) mass is 267 g/mol. The molecule has 0 aliphatic heterocycles. The quantitative estimate of drug-likeness (QED) is 0.197.